The van der Waals surface area contributed by atoms with Crippen LogP contribution in [0.15, 0.2) is 77.7 Å². The van der Waals surface area contributed by atoms with Crippen molar-refractivity contribution >= 4 is 27.5 Å². The molecule has 3 amide bonds. The summed E-state index contributed by atoms with van der Waals surface area (Å²) in [7, 11) is -3.37. The van der Waals surface area contributed by atoms with Gasteiger partial charge in [-0.1, -0.05) is 31.2 Å². The fraction of sp³-hybridized carbons (Fsp3) is 0.310. The molecule has 0 radical (unpaired) electrons. The number of nitrogens with one attached hydrogen (secondary N) is 1. The molecule has 12 heteroatoms. The number of halogens is 3. The first kappa shape index (κ1) is 30.1. The van der Waals surface area contributed by atoms with E-state index in [1.807, 2.05) is 0 Å². The predicted molar refractivity (Wildman–Crippen MR) is 147 cm³/mol. The molecule has 3 aromatic rings. The number of aliphatic hydroxyl groups excluding tert-OH is 1. The van der Waals surface area contributed by atoms with Gasteiger partial charge >= 0.3 is 12.2 Å². The first-order valence-corrected chi connectivity index (χ1v) is 14.6. The van der Waals surface area contributed by atoms with Gasteiger partial charge in [0, 0.05) is 30.9 Å². The molecule has 0 aromatic heterocycles. The molecule has 3 aromatic carbocycles. The van der Waals surface area contributed by atoms with Crippen molar-refractivity contribution in [3.8, 4) is 0 Å². The Bertz CT molecular complexity index is 1480. The van der Waals surface area contributed by atoms with Gasteiger partial charge in [-0.15, -0.1) is 0 Å². The number of sulfone groups is 1. The molecule has 218 valence electrons. The van der Waals surface area contributed by atoms with E-state index in [0.29, 0.717) is 41.9 Å². The molecule has 0 aliphatic carbocycles. The van der Waals surface area contributed by atoms with Crippen molar-refractivity contribution in [2.75, 3.05) is 30.3 Å². The first-order valence-electron chi connectivity index (χ1n) is 13.0. The molecule has 0 saturated carbocycles. The highest BCUT2D eigenvalue weighted by molar-refractivity contribution is 7.91. The smallest absolute Gasteiger partial charge is 0.394 e. The van der Waals surface area contributed by atoms with Crippen LogP contribution in [0.5, 0.6) is 0 Å². The fourth-order valence-electron chi connectivity index (χ4n) is 4.53. The van der Waals surface area contributed by atoms with Crippen LogP contribution in [0.1, 0.15) is 46.4 Å². The maximum atomic E-state index is 13.1. The van der Waals surface area contributed by atoms with E-state index in [-0.39, 0.29) is 23.2 Å². The standard InChI is InChI=1S/C29H30F3N3O5S/c1-2-41(39,40)25-14-8-21(9-15-25)26(19-36)33-27(37)22-6-12-24(13-7-22)35-17-3-16-34(28(35)38)18-20-4-10-23(11-5-20)29(30,31)32/h4-15,26,36H,2-3,16-19H2,1H3,(H,33,37)/t26-/m0/s1. The van der Waals surface area contributed by atoms with E-state index in [1.165, 1.54) is 24.3 Å². The molecule has 1 heterocycles. The van der Waals surface area contributed by atoms with Gasteiger partial charge in [0.2, 0.25) is 0 Å². The van der Waals surface area contributed by atoms with E-state index < -0.39 is 40.1 Å². The van der Waals surface area contributed by atoms with Crippen LogP contribution in [0.2, 0.25) is 0 Å². The third-order valence-electron chi connectivity index (χ3n) is 6.92. The molecule has 0 spiro atoms. The molecule has 1 saturated heterocycles. The average Bonchev–Trinajstić information content (AvgIpc) is 2.97. The number of alkyl halides is 3. The zero-order valence-corrected chi connectivity index (χ0v) is 23.1. The van der Waals surface area contributed by atoms with Crippen molar-refractivity contribution in [1.29, 1.82) is 0 Å². The lowest BCUT2D eigenvalue weighted by Gasteiger charge is -2.35. The normalized spacial score (nSPS) is 15.1. The molecule has 4 rings (SSSR count). The van der Waals surface area contributed by atoms with Crippen molar-refractivity contribution in [2.24, 2.45) is 0 Å². The number of amides is 3. The minimum absolute atomic E-state index is 0.0390. The number of anilines is 1. The average molecular weight is 590 g/mol. The highest BCUT2D eigenvalue weighted by Gasteiger charge is 2.31. The second-order valence-corrected chi connectivity index (χ2v) is 11.9. The van der Waals surface area contributed by atoms with Gasteiger partial charge in [-0.05, 0) is 66.1 Å². The van der Waals surface area contributed by atoms with Gasteiger partial charge < -0.3 is 15.3 Å². The van der Waals surface area contributed by atoms with Crippen LogP contribution in [0, 0.1) is 0 Å². The third kappa shape index (κ3) is 7.06. The molecular weight excluding hydrogens is 559 g/mol. The molecule has 1 aliphatic rings. The Morgan fingerprint density at radius 3 is 2.17 bits per heavy atom. The topological polar surface area (TPSA) is 107 Å². The van der Waals surface area contributed by atoms with Gasteiger partial charge in [0.05, 0.1) is 28.9 Å². The van der Waals surface area contributed by atoms with Gasteiger partial charge in [-0.3, -0.25) is 9.69 Å². The van der Waals surface area contributed by atoms with E-state index in [1.54, 1.807) is 53.1 Å². The Balaban J connectivity index is 1.40. The lowest BCUT2D eigenvalue weighted by molar-refractivity contribution is -0.137. The second kappa shape index (κ2) is 12.3. The van der Waals surface area contributed by atoms with Crippen molar-refractivity contribution in [3.05, 3.63) is 95.1 Å². The predicted octanol–water partition coefficient (Wildman–Crippen LogP) is 4.79. The summed E-state index contributed by atoms with van der Waals surface area (Å²) in [6.07, 6.45) is -3.77. The summed E-state index contributed by atoms with van der Waals surface area (Å²) in [6.45, 7) is 2.23. The summed E-state index contributed by atoms with van der Waals surface area (Å²) in [6, 6.07) is 16.0. The van der Waals surface area contributed by atoms with Crippen molar-refractivity contribution in [3.63, 3.8) is 0 Å². The number of nitrogens with zero attached hydrogens (tertiary/aromatic N) is 2. The number of hydrogen-bond donors (Lipinski definition) is 2. The van der Waals surface area contributed by atoms with E-state index in [0.717, 1.165) is 12.1 Å². The number of urea groups is 1. The number of benzene rings is 3. The van der Waals surface area contributed by atoms with Crippen molar-refractivity contribution < 1.29 is 36.3 Å². The molecule has 2 N–H and O–H groups in total. The summed E-state index contributed by atoms with van der Waals surface area (Å²) in [5, 5.41) is 12.6. The van der Waals surface area contributed by atoms with Crippen LogP contribution in [-0.2, 0) is 22.6 Å². The first-order chi connectivity index (χ1) is 19.4. The molecule has 41 heavy (non-hydrogen) atoms. The molecular formula is C29H30F3N3O5S. The van der Waals surface area contributed by atoms with Gasteiger partial charge in [-0.2, -0.15) is 13.2 Å². The number of hydrogen-bond acceptors (Lipinski definition) is 5. The molecule has 0 unspecified atom stereocenters. The van der Waals surface area contributed by atoms with Crippen LogP contribution in [0.3, 0.4) is 0 Å². The zero-order valence-electron chi connectivity index (χ0n) is 22.3. The van der Waals surface area contributed by atoms with Crippen LogP contribution in [-0.4, -0.2) is 55.8 Å². The monoisotopic (exact) mass is 589 g/mol. The quantitative estimate of drug-likeness (QED) is 0.373. The van der Waals surface area contributed by atoms with Gasteiger partial charge in [0.1, 0.15) is 0 Å². The second-order valence-electron chi connectivity index (χ2n) is 9.63. The summed E-state index contributed by atoms with van der Waals surface area (Å²) in [5.41, 5.74) is 1.24. The Hall–Kier alpha value is -3.90. The summed E-state index contributed by atoms with van der Waals surface area (Å²) in [5.74, 6) is -0.502. The molecule has 1 fully saturated rings. The van der Waals surface area contributed by atoms with E-state index in [9.17, 15) is 36.3 Å². The highest BCUT2D eigenvalue weighted by Crippen LogP contribution is 2.30. The molecule has 1 atom stereocenters. The van der Waals surface area contributed by atoms with Crippen LogP contribution >= 0.6 is 0 Å². The fourth-order valence-corrected chi connectivity index (χ4v) is 5.41. The number of carbonyl (C=O) groups excluding carboxylic acids is 2. The van der Waals surface area contributed by atoms with Crippen LogP contribution in [0.25, 0.3) is 0 Å². The Morgan fingerprint density at radius 1 is 0.976 bits per heavy atom. The number of carbonyl (C=O) groups is 2. The van der Waals surface area contributed by atoms with Crippen molar-refractivity contribution in [1.82, 2.24) is 10.2 Å². The minimum Gasteiger partial charge on any atom is -0.394 e. The highest BCUT2D eigenvalue weighted by atomic mass is 32.2. The molecule has 1 aliphatic heterocycles. The van der Waals surface area contributed by atoms with E-state index in [2.05, 4.69) is 5.32 Å². The molecule has 8 nitrogen and oxygen atoms in total. The largest absolute Gasteiger partial charge is 0.416 e. The third-order valence-corrected chi connectivity index (χ3v) is 8.67. The summed E-state index contributed by atoms with van der Waals surface area (Å²) in [4.78, 5) is 29.3. The van der Waals surface area contributed by atoms with E-state index in [4.69, 9.17) is 0 Å². The van der Waals surface area contributed by atoms with Gasteiger partial charge in [0.15, 0.2) is 9.84 Å². The lowest BCUT2D eigenvalue weighted by Crippen LogP contribution is -2.49. The summed E-state index contributed by atoms with van der Waals surface area (Å²) < 4.78 is 62.6. The SMILES string of the molecule is CCS(=O)(=O)c1ccc([C@H](CO)NC(=O)c2ccc(N3CCCN(Cc4ccc(C(F)(F)F)cc4)C3=O)cc2)cc1. The summed E-state index contributed by atoms with van der Waals surface area (Å²) >= 11 is 0. The number of aliphatic hydroxyl groups is 1. The van der Waals surface area contributed by atoms with Gasteiger partial charge in [0.25, 0.3) is 5.91 Å². The lowest BCUT2D eigenvalue weighted by atomic mass is 10.1. The maximum Gasteiger partial charge on any atom is 0.416 e. The minimum atomic E-state index is -4.43. The van der Waals surface area contributed by atoms with Crippen molar-refractivity contribution in [2.45, 2.75) is 37.0 Å². The Morgan fingerprint density at radius 2 is 1.61 bits per heavy atom. The maximum absolute atomic E-state index is 13.1. The van der Waals surface area contributed by atoms with E-state index >= 15 is 0 Å². The Kier molecular flexibility index (Phi) is 9.03. The van der Waals surface area contributed by atoms with Crippen LogP contribution < -0.4 is 10.2 Å². The van der Waals surface area contributed by atoms with Crippen LogP contribution in [0.4, 0.5) is 23.7 Å². The molecule has 0 bridgehead atoms. The zero-order chi connectivity index (χ0) is 29.8. The Labute approximate surface area is 236 Å². The number of rotatable bonds is 9. The van der Waals surface area contributed by atoms with Gasteiger partial charge in [-0.25, -0.2) is 13.2 Å².